The first-order chi connectivity index (χ1) is 12.0. The van der Waals surface area contributed by atoms with E-state index in [1.807, 2.05) is 29.9 Å². The fraction of sp³-hybridized carbons (Fsp3) is 0.400. The molecule has 2 aromatic rings. The number of nitrogens with one attached hydrogen (secondary N) is 1. The summed E-state index contributed by atoms with van der Waals surface area (Å²) < 4.78 is 6.93. The molecule has 1 fully saturated rings. The zero-order valence-corrected chi connectivity index (χ0v) is 13.9. The van der Waals surface area contributed by atoms with Crippen LogP contribution >= 0.6 is 0 Å². The Bertz CT molecular complexity index is 811. The Morgan fingerprint density at radius 2 is 2.12 bits per heavy atom. The van der Waals surface area contributed by atoms with Crippen LogP contribution in [-0.4, -0.2) is 62.0 Å². The molecule has 0 aromatic carbocycles. The molecule has 10 heteroatoms. The average molecular weight is 346 g/mol. The van der Waals surface area contributed by atoms with Gasteiger partial charge in [-0.3, -0.25) is 14.5 Å². The molecule has 1 aliphatic rings. The van der Waals surface area contributed by atoms with Crippen LogP contribution in [0.4, 0.5) is 4.79 Å². The van der Waals surface area contributed by atoms with Crippen LogP contribution in [0.25, 0.3) is 11.5 Å². The summed E-state index contributed by atoms with van der Waals surface area (Å²) in [7, 11) is 1.85. The first kappa shape index (κ1) is 16.7. The first-order valence-corrected chi connectivity index (χ1v) is 7.84. The molecule has 4 amide bonds. The molecule has 0 unspecified atom stereocenters. The third-order valence-electron chi connectivity index (χ3n) is 3.97. The van der Waals surface area contributed by atoms with E-state index in [9.17, 15) is 14.4 Å². The topological polar surface area (TPSA) is 114 Å². The van der Waals surface area contributed by atoms with Gasteiger partial charge < -0.3 is 19.3 Å². The molecule has 0 spiro atoms. The standard InChI is InChI=1S/C15H18N6O4/c1-3-20-7-8-21(14(23)13(20)22)15(24)16-9-11-17-12(18-25-11)10-5-4-6-19(10)2/h4-6H,3,7-9H2,1-2H3,(H,16,24). The number of piperazine rings is 1. The zero-order valence-electron chi connectivity index (χ0n) is 13.9. The molecule has 0 saturated carbocycles. The molecule has 0 bridgehead atoms. The highest BCUT2D eigenvalue weighted by molar-refractivity contribution is 6.38. The number of aryl methyl sites for hydroxylation is 1. The van der Waals surface area contributed by atoms with Crippen LogP contribution in [0.2, 0.25) is 0 Å². The Labute approximate surface area is 143 Å². The number of carbonyl (C=O) groups excluding carboxylic acids is 3. The Morgan fingerprint density at radius 1 is 1.32 bits per heavy atom. The second-order valence-electron chi connectivity index (χ2n) is 5.52. The average Bonchev–Trinajstić information content (AvgIpc) is 3.23. The highest BCUT2D eigenvalue weighted by Gasteiger charge is 2.35. The Morgan fingerprint density at radius 3 is 2.80 bits per heavy atom. The van der Waals surface area contributed by atoms with Crippen molar-refractivity contribution >= 4 is 17.8 Å². The molecule has 0 radical (unpaired) electrons. The van der Waals surface area contributed by atoms with E-state index in [0.717, 1.165) is 10.6 Å². The van der Waals surface area contributed by atoms with Crippen LogP contribution in [0.3, 0.4) is 0 Å². The molecule has 25 heavy (non-hydrogen) atoms. The molecule has 1 aliphatic heterocycles. The van der Waals surface area contributed by atoms with Gasteiger partial charge in [0, 0.05) is 32.9 Å². The summed E-state index contributed by atoms with van der Waals surface area (Å²) in [5.41, 5.74) is 0.776. The van der Waals surface area contributed by atoms with E-state index in [1.165, 1.54) is 4.90 Å². The van der Waals surface area contributed by atoms with Gasteiger partial charge in [0.1, 0.15) is 0 Å². The van der Waals surface area contributed by atoms with E-state index in [0.29, 0.717) is 18.9 Å². The largest absolute Gasteiger partial charge is 0.348 e. The number of hydrogen-bond donors (Lipinski definition) is 1. The molecule has 10 nitrogen and oxygen atoms in total. The lowest BCUT2D eigenvalue weighted by Crippen LogP contribution is -2.58. The first-order valence-electron chi connectivity index (χ1n) is 7.84. The van der Waals surface area contributed by atoms with E-state index in [2.05, 4.69) is 15.5 Å². The zero-order chi connectivity index (χ0) is 18.0. The minimum absolute atomic E-state index is 0.0360. The van der Waals surface area contributed by atoms with Crippen LogP contribution in [0, 0.1) is 0 Å². The molecule has 2 aromatic heterocycles. The van der Waals surface area contributed by atoms with Crippen molar-refractivity contribution in [3.8, 4) is 11.5 Å². The molecule has 1 saturated heterocycles. The third kappa shape index (κ3) is 3.23. The lowest BCUT2D eigenvalue weighted by molar-refractivity contribution is -0.153. The predicted octanol–water partition coefficient (Wildman–Crippen LogP) is -0.0246. The van der Waals surface area contributed by atoms with Crippen LogP contribution in [0.15, 0.2) is 22.9 Å². The molecule has 132 valence electrons. The molecule has 3 heterocycles. The van der Waals surface area contributed by atoms with Gasteiger partial charge in [0.05, 0.1) is 12.2 Å². The van der Waals surface area contributed by atoms with E-state index in [-0.39, 0.29) is 19.0 Å². The van der Waals surface area contributed by atoms with Crippen molar-refractivity contribution in [3.63, 3.8) is 0 Å². The van der Waals surface area contributed by atoms with Crippen molar-refractivity contribution < 1.29 is 18.9 Å². The van der Waals surface area contributed by atoms with Gasteiger partial charge in [-0.1, -0.05) is 5.16 Å². The normalized spacial score (nSPS) is 15.0. The van der Waals surface area contributed by atoms with E-state index >= 15 is 0 Å². The van der Waals surface area contributed by atoms with Crippen LogP contribution < -0.4 is 5.32 Å². The van der Waals surface area contributed by atoms with Crippen LogP contribution in [-0.2, 0) is 23.2 Å². The number of likely N-dealkylation sites (N-methyl/N-ethyl adjacent to an activating group) is 1. The van der Waals surface area contributed by atoms with Crippen molar-refractivity contribution in [3.05, 3.63) is 24.2 Å². The maximum atomic E-state index is 12.1. The number of carbonyl (C=O) groups is 3. The Kier molecular flexibility index (Phi) is 4.50. The van der Waals surface area contributed by atoms with Gasteiger partial charge >= 0.3 is 17.8 Å². The lowest BCUT2D eigenvalue weighted by Gasteiger charge is -2.31. The number of imide groups is 1. The number of nitrogens with zero attached hydrogens (tertiary/aromatic N) is 5. The second-order valence-corrected chi connectivity index (χ2v) is 5.52. The summed E-state index contributed by atoms with van der Waals surface area (Å²) in [6.07, 6.45) is 1.85. The Balaban J connectivity index is 1.60. The molecule has 1 N–H and O–H groups in total. The van der Waals surface area contributed by atoms with Crippen molar-refractivity contribution in [1.29, 1.82) is 0 Å². The smallest absolute Gasteiger partial charge is 0.325 e. The monoisotopic (exact) mass is 346 g/mol. The van der Waals surface area contributed by atoms with Crippen molar-refractivity contribution in [2.75, 3.05) is 19.6 Å². The fourth-order valence-electron chi connectivity index (χ4n) is 2.54. The van der Waals surface area contributed by atoms with E-state index < -0.39 is 17.8 Å². The summed E-state index contributed by atoms with van der Waals surface area (Å²) in [5, 5.41) is 6.38. The van der Waals surface area contributed by atoms with Crippen LogP contribution in [0.1, 0.15) is 12.8 Å². The summed E-state index contributed by atoms with van der Waals surface area (Å²) in [5.74, 6) is -0.900. The van der Waals surface area contributed by atoms with Gasteiger partial charge in [-0.05, 0) is 19.1 Å². The van der Waals surface area contributed by atoms with Gasteiger partial charge in [-0.15, -0.1) is 0 Å². The quantitative estimate of drug-likeness (QED) is 0.778. The Hall–Kier alpha value is -3.17. The summed E-state index contributed by atoms with van der Waals surface area (Å²) >= 11 is 0. The van der Waals surface area contributed by atoms with Gasteiger partial charge in [-0.25, -0.2) is 4.79 Å². The second kappa shape index (κ2) is 6.75. The number of hydrogen-bond acceptors (Lipinski definition) is 6. The maximum absolute atomic E-state index is 12.1. The summed E-state index contributed by atoms with van der Waals surface area (Å²) in [6, 6.07) is 3.03. The number of amides is 4. The van der Waals surface area contributed by atoms with Gasteiger partial charge in [0.15, 0.2) is 0 Å². The van der Waals surface area contributed by atoms with Gasteiger partial charge in [-0.2, -0.15) is 4.98 Å². The highest BCUT2D eigenvalue weighted by Crippen LogP contribution is 2.15. The molecule has 3 rings (SSSR count). The third-order valence-corrected chi connectivity index (χ3v) is 3.97. The SMILES string of the molecule is CCN1CCN(C(=O)NCc2nc(-c3cccn3C)no2)C(=O)C1=O. The van der Waals surface area contributed by atoms with Crippen molar-refractivity contribution in [2.45, 2.75) is 13.5 Å². The molecular formula is C15H18N6O4. The van der Waals surface area contributed by atoms with Gasteiger partial charge in [0.2, 0.25) is 11.7 Å². The highest BCUT2D eigenvalue weighted by atomic mass is 16.5. The number of aromatic nitrogens is 3. The fourth-order valence-corrected chi connectivity index (χ4v) is 2.54. The minimum Gasteiger partial charge on any atom is -0.348 e. The molecule has 0 atom stereocenters. The van der Waals surface area contributed by atoms with E-state index in [4.69, 9.17) is 4.52 Å². The van der Waals surface area contributed by atoms with Gasteiger partial charge in [0.25, 0.3) is 0 Å². The van der Waals surface area contributed by atoms with Crippen molar-refractivity contribution in [1.82, 2.24) is 29.8 Å². The maximum Gasteiger partial charge on any atom is 0.325 e. The predicted molar refractivity (Wildman–Crippen MR) is 84.9 cm³/mol. The molecule has 0 aliphatic carbocycles. The van der Waals surface area contributed by atoms with E-state index in [1.54, 1.807) is 6.92 Å². The minimum atomic E-state index is -0.833. The summed E-state index contributed by atoms with van der Waals surface area (Å²) in [4.78, 5) is 42.4. The number of urea groups is 1. The number of rotatable bonds is 4. The van der Waals surface area contributed by atoms with Crippen molar-refractivity contribution in [2.24, 2.45) is 7.05 Å². The molecular weight excluding hydrogens is 328 g/mol. The summed E-state index contributed by atoms with van der Waals surface area (Å²) in [6.45, 7) is 2.66. The van der Waals surface area contributed by atoms with Crippen LogP contribution in [0.5, 0.6) is 0 Å². The lowest BCUT2D eigenvalue weighted by atomic mass is 10.3.